The van der Waals surface area contributed by atoms with Crippen molar-refractivity contribution in [3.63, 3.8) is 0 Å². The molecule has 54 heavy (non-hydrogen) atoms. The van der Waals surface area contributed by atoms with Crippen molar-refractivity contribution in [1.82, 2.24) is 24.8 Å². The Labute approximate surface area is 312 Å². The van der Waals surface area contributed by atoms with Crippen LogP contribution in [-0.2, 0) is 15.7 Å². The second-order valence-electron chi connectivity index (χ2n) is 15.6. The predicted octanol–water partition coefficient (Wildman–Crippen LogP) is 6.79. The summed E-state index contributed by atoms with van der Waals surface area (Å²) in [7, 11) is 1.33. The van der Waals surface area contributed by atoms with Crippen LogP contribution in [0.2, 0.25) is 5.02 Å². The van der Waals surface area contributed by atoms with Gasteiger partial charge >= 0.3 is 18.3 Å². The summed E-state index contributed by atoms with van der Waals surface area (Å²) in [5, 5.41) is -0.710. The summed E-state index contributed by atoms with van der Waals surface area (Å²) in [4.78, 5) is 32.8. The van der Waals surface area contributed by atoms with Gasteiger partial charge in [0, 0.05) is 32.2 Å². The lowest BCUT2D eigenvalue weighted by Gasteiger charge is -2.46. The van der Waals surface area contributed by atoms with Crippen molar-refractivity contribution < 1.29 is 50.4 Å². The van der Waals surface area contributed by atoms with E-state index in [9.17, 15) is 22.4 Å². The Hall–Kier alpha value is -3.96. The third-order valence-electron chi connectivity index (χ3n) is 11.0. The third-order valence-corrected chi connectivity index (χ3v) is 11.3. The molecule has 3 aromatic rings. The fourth-order valence-corrected chi connectivity index (χ4v) is 9.14. The summed E-state index contributed by atoms with van der Waals surface area (Å²) in [6, 6.07) is 0.492. The number of hydrogen-bond donors (Lipinski definition) is 0. The zero-order valence-corrected chi connectivity index (χ0v) is 30.9. The number of fused-ring (bicyclic) bond motifs is 6. The number of benzene rings is 1. The van der Waals surface area contributed by atoms with Gasteiger partial charge in [0.2, 0.25) is 5.88 Å². The number of amides is 1. The second-order valence-corrected chi connectivity index (χ2v) is 16.0. The van der Waals surface area contributed by atoms with E-state index in [4.69, 9.17) is 40.3 Å². The van der Waals surface area contributed by atoms with Crippen molar-refractivity contribution in [3.8, 4) is 28.9 Å². The Balaban J connectivity index is 1.27. The van der Waals surface area contributed by atoms with Gasteiger partial charge in [0.05, 0.1) is 34.3 Å². The van der Waals surface area contributed by atoms with Gasteiger partial charge in [0.25, 0.3) is 0 Å². The normalized spacial score (nSPS) is 26.4. The fraction of sp³-hybridized carbons (Fsp3) is 0.611. The molecular formula is C36H40ClF5N6O6. The van der Waals surface area contributed by atoms with Crippen LogP contribution in [0.15, 0.2) is 12.1 Å². The molecule has 4 saturated heterocycles. The minimum Gasteiger partial charge on any atom is -0.475 e. The van der Waals surface area contributed by atoms with Crippen LogP contribution in [0.3, 0.4) is 0 Å². The quantitative estimate of drug-likeness (QED) is 0.187. The number of rotatable bonds is 7. The molecule has 7 heterocycles. The highest BCUT2D eigenvalue weighted by molar-refractivity contribution is 6.32. The van der Waals surface area contributed by atoms with Crippen LogP contribution in [0, 0.1) is 5.82 Å². The lowest BCUT2D eigenvalue weighted by molar-refractivity contribution is -0.137. The standard InChI is InChI=1S/C36H40ClF5N6O6/c1-34(2,3)54-33(49)48-19-6-7-23(48)24-15-51-31-25-29(27(39)28(43-31)21-10-20(53-17-50-4)11-22(37)26(21)36(40,41)42)44-32(45-30(25)47(24)14-19)52-16-35-8-5-9-46(35)13-18(38)12-35/h10-11,18-19,23-24H,5-9,12-17H2,1-4H3/t18-,19-,23+,24-,35+/m0/s1. The SMILES string of the molecule is COCOc1cc(Cl)c(C(F)(F)F)c(-c2nc3c4c(nc(OC[C@]56CCCN5C[C@@H](F)C6)nc4c2F)N2C[C@@H]4CC[C@H]([C@@H]2CO3)N4C(=O)OC(C)(C)C)c1. The second kappa shape index (κ2) is 13.4. The van der Waals surface area contributed by atoms with E-state index in [0.29, 0.717) is 25.8 Å². The zero-order valence-electron chi connectivity index (χ0n) is 30.1. The van der Waals surface area contributed by atoms with Gasteiger partial charge in [-0.05, 0) is 65.1 Å². The molecule has 0 saturated carbocycles. The Morgan fingerprint density at radius 3 is 2.63 bits per heavy atom. The van der Waals surface area contributed by atoms with Crippen LogP contribution in [0.4, 0.5) is 32.6 Å². The molecule has 1 aromatic carbocycles. The number of alkyl halides is 4. The smallest absolute Gasteiger partial charge is 0.418 e. The van der Waals surface area contributed by atoms with Gasteiger partial charge < -0.3 is 28.6 Å². The van der Waals surface area contributed by atoms with E-state index < -0.39 is 69.3 Å². The number of methoxy groups -OCH3 is 1. The summed E-state index contributed by atoms with van der Waals surface area (Å²) < 4.78 is 104. The van der Waals surface area contributed by atoms with E-state index in [0.717, 1.165) is 18.6 Å². The number of pyridine rings is 1. The minimum atomic E-state index is -5.03. The first-order valence-corrected chi connectivity index (χ1v) is 18.3. The molecule has 2 bridgehead atoms. The Morgan fingerprint density at radius 2 is 1.89 bits per heavy atom. The number of ether oxygens (including phenoxy) is 5. The molecule has 0 aliphatic carbocycles. The van der Waals surface area contributed by atoms with E-state index in [1.165, 1.54) is 7.11 Å². The molecule has 5 aliphatic heterocycles. The third kappa shape index (κ3) is 6.38. The molecule has 0 spiro atoms. The number of carbonyl (C=O) groups is 1. The van der Waals surface area contributed by atoms with E-state index in [1.807, 2.05) is 9.80 Å². The highest BCUT2D eigenvalue weighted by Gasteiger charge is 2.53. The lowest BCUT2D eigenvalue weighted by Crippen LogP contribution is -2.63. The number of halogens is 6. The van der Waals surface area contributed by atoms with Crippen LogP contribution in [0.1, 0.15) is 58.4 Å². The molecule has 0 unspecified atom stereocenters. The molecule has 2 aromatic heterocycles. The summed E-state index contributed by atoms with van der Waals surface area (Å²) in [6.45, 7) is 6.24. The molecule has 0 N–H and O–H groups in total. The molecule has 0 radical (unpaired) electrons. The van der Waals surface area contributed by atoms with Crippen molar-refractivity contribution >= 4 is 34.4 Å². The molecule has 4 fully saturated rings. The lowest BCUT2D eigenvalue weighted by atomic mass is 9.95. The van der Waals surface area contributed by atoms with Crippen molar-refractivity contribution in [2.75, 3.05) is 51.7 Å². The number of carbonyl (C=O) groups excluding carboxylic acids is 1. The molecule has 12 nitrogen and oxygen atoms in total. The average molecular weight is 783 g/mol. The Bertz CT molecular complexity index is 1990. The maximum Gasteiger partial charge on any atom is 0.418 e. The monoisotopic (exact) mass is 782 g/mol. The van der Waals surface area contributed by atoms with Gasteiger partial charge in [-0.3, -0.25) is 9.80 Å². The van der Waals surface area contributed by atoms with E-state index >= 15 is 4.39 Å². The largest absolute Gasteiger partial charge is 0.475 e. The molecule has 5 aliphatic rings. The first-order chi connectivity index (χ1) is 25.6. The number of piperazine rings is 1. The zero-order chi connectivity index (χ0) is 38.3. The van der Waals surface area contributed by atoms with Gasteiger partial charge in [-0.15, -0.1) is 0 Å². The highest BCUT2D eigenvalue weighted by Crippen LogP contribution is 2.49. The maximum absolute atomic E-state index is 17.1. The number of hydrogen-bond acceptors (Lipinski definition) is 11. The van der Waals surface area contributed by atoms with Gasteiger partial charge in [0.1, 0.15) is 53.2 Å². The van der Waals surface area contributed by atoms with Gasteiger partial charge in [-0.2, -0.15) is 23.1 Å². The van der Waals surface area contributed by atoms with Crippen molar-refractivity contribution in [3.05, 3.63) is 28.5 Å². The summed E-state index contributed by atoms with van der Waals surface area (Å²) in [6.07, 6.45) is -3.45. The van der Waals surface area contributed by atoms with Crippen molar-refractivity contribution in [1.29, 1.82) is 0 Å². The summed E-state index contributed by atoms with van der Waals surface area (Å²) >= 11 is 6.19. The molecule has 18 heteroatoms. The van der Waals surface area contributed by atoms with Gasteiger partial charge in [-0.1, -0.05) is 11.6 Å². The first-order valence-electron chi connectivity index (χ1n) is 17.9. The fourth-order valence-electron chi connectivity index (χ4n) is 8.82. The van der Waals surface area contributed by atoms with Crippen molar-refractivity contribution in [2.45, 2.75) is 94.5 Å². The molecule has 1 amide bonds. The molecule has 292 valence electrons. The summed E-state index contributed by atoms with van der Waals surface area (Å²) in [5.74, 6) is -1.33. The molecule has 8 rings (SSSR count). The van der Waals surface area contributed by atoms with Crippen LogP contribution in [-0.4, -0.2) is 113 Å². The highest BCUT2D eigenvalue weighted by atomic mass is 35.5. The van der Waals surface area contributed by atoms with Crippen LogP contribution in [0.5, 0.6) is 17.6 Å². The number of nitrogens with zero attached hydrogens (tertiary/aromatic N) is 6. The van der Waals surface area contributed by atoms with Crippen molar-refractivity contribution in [2.24, 2.45) is 0 Å². The Morgan fingerprint density at radius 1 is 1.09 bits per heavy atom. The molecular weight excluding hydrogens is 743 g/mol. The van der Waals surface area contributed by atoms with Crippen LogP contribution < -0.4 is 19.1 Å². The van der Waals surface area contributed by atoms with Crippen LogP contribution >= 0.6 is 11.6 Å². The van der Waals surface area contributed by atoms with Crippen LogP contribution in [0.25, 0.3) is 22.2 Å². The minimum absolute atomic E-state index is 0.0229. The van der Waals surface area contributed by atoms with E-state index in [-0.39, 0.29) is 79.9 Å². The van der Waals surface area contributed by atoms with E-state index in [2.05, 4.69) is 9.97 Å². The maximum atomic E-state index is 17.1. The average Bonchev–Trinajstić information content (AvgIpc) is 3.69. The predicted molar refractivity (Wildman–Crippen MR) is 185 cm³/mol. The topological polar surface area (TPSA) is 112 Å². The first kappa shape index (κ1) is 37.0. The Kier molecular flexibility index (Phi) is 9.15. The van der Waals surface area contributed by atoms with Gasteiger partial charge in [-0.25, -0.2) is 18.6 Å². The summed E-state index contributed by atoms with van der Waals surface area (Å²) in [5.41, 5.74) is -4.51. The van der Waals surface area contributed by atoms with Gasteiger partial charge in [0.15, 0.2) is 12.6 Å². The van der Waals surface area contributed by atoms with E-state index in [1.54, 1.807) is 25.7 Å². The number of anilines is 1. The number of aromatic nitrogens is 3. The molecule has 5 atom stereocenters.